The lowest BCUT2D eigenvalue weighted by atomic mass is 10.0. The van der Waals surface area contributed by atoms with Crippen LogP contribution in [-0.4, -0.2) is 48.4 Å². The quantitative estimate of drug-likeness (QED) is 0.834. The third-order valence-corrected chi connectivity index (χ3v) is 3.01. The highest BCUT2D eigenvalue weighted by Crippen LogP contribution is 2.16. The van der Waals surface area contributed by atoms with Gasteiger partial charge in [0, 0.05) is 13.6 Å². The first-order valence-electron chi connectivity index (χ1n) is 6.00. The number of benzene rings is 1. The molecule has 0 bridgehead atoms. The second-order valence-corrected chi connectivity index (χ2v) is 4.69. The van der Waals surface area contributed by atoms with Gasteiger partial charge < -0.3 is 20.1 Å². The Morgan fingerprint density at radius 3 is 2.83 bits per heavy atom. The lowest BCUT2D eigenvalue weighted by Crippen LogP contribution is -2.46. The largest absolute Gasteiger partial charge is 0.415 e. The average molecular weight is 250 g/mol. The summed E-state index contributed by atoms with van der Waals surface area (Å²) < 4.78 is 5.19. The molecule has 1 heterocycles. The minimum atomic E-state index is -0.843. The molecule has 98 valence electrons. The number of nitrogens with zero attached hydrogens (tertiary/aromatic N) is 1. The third-order valence-electron chi connectivity index (χ3n) is 3.01. The second-order valence-electron chi connectivity index (χ2n) is 4.69. The molecule has 2 rings (SSSR count). The molecule has 1 fully saturated rings. The molecule has 1 amide bonds. The van der Waals surface area contributed by atoms with E-state index in [1.54, 1.807) is 31.3 Å². The molecule has 1 unspecified atom stereocenters. The molecule has 0 spiro atoms. The molecule has 1 aliphatic rings. The van der Waals surface area contributed by atoms with Crippen LogP contribution in [0.5, 0.6) is 5.75 Å². The lowest BCUT2D eigenvalue weighted by molar-refractivity contribution is 0.0309. The zero-order valence-electron chi connectivity index (χ0n) is 10.4. The summed E-state index contributed by atoms with van der Waals surface area (Å²) in [6.45, 7) is 1.56. The highest BCUT2D eigenvalue weighted by Gasteiger charge is 2.33. The Labute approximate surface area is 106 Å². The number of rotatable bonds is 3. The van der Waals surface area contributed by atoms with Gasteiger partial charge in [0.05, 0.1) is 12.1 Å². The van der Waals surface area contributed by atoms with Crippen molar-refractivity contribution in [3.05, 3.63) is 30.3 Å². The standard InChI is InChI=1S/C13H18N2O3/c1-15(10-13(17)7-8-14-9-13)12(16)18-11-5-3-2-4-6-11/h2-6,14,17H,7-10H2,1H3. The Bertz CT molecular complexity index is 402. The van der Waals surface area contributed by atoms with Crippen LogP contribution in [0.3, 0.4) is 0 Å². The topological polar surface area (TPSA) is 61.8 Å². The van der Waals surface area contributed by atoms with E-state index in [1.165, 1.54) is 4.90 Å². The monoisotopic (exact) mass is 250 g/mol. The van der Waals surface area contributed by atoms with Crippen LogP contribution in [-0.2, 0) is 0 Å². The summed E-state index contributed by atoms with van der Waals surface area (Å²) in [5.41, 5.74) is -0.843. The molecule has 1 saturated heterocycles. The number of aliphatic hydroxyl groups is 1. The summed E-state index contributed by atoms with van der Waals surface area (Å²) in [7, 11) is 1.63. The third kappa shape index (κ3) is 3.21. The van der Waals surface area contributed by atoms with Crippen molar-refractivity contribution < 1.29 is 14.6 Å². The Kier molecular flexibility index (Phi) is 3.84. The van der Waals surface area contributed by atoms with Crippen molar-refractivity contribution >= 4 is 6.09 Å². The smallest absolute Gasteiger partial charge is 0.410 e. The van der Waals surface area contributed by atoms with E-state index in [9.17, 15) is 9.90 Å². The van der Waals surface area contributed by atoms with Crippen molar-refractivity contribution in [1.29, 1.82) is 0 Å². The number of carbonyl (C=O) groups excluding carboxylic acids is 1. The molecule has 0 aromatic heterocycles. The molecule has 18 heavy (non-hydrogen) atoms. The molecule has 2 N–H and O–H groups in total. The van der Waals surface area contributed by atoms with E-state index in [0.717, 1.165) is 6.54 Å². The number of likely N-dealkylation sites (N-methyl/N-ethyl adjacent to an activating group) is 1. The van der Waals surface area contributed by atoms with Crippen LogP contribution in [0.4, 0.5) is 4.79 Å². The SMILES string of the molecule is CN(CC1(O)CCNC1)C(=O)Oc1ccccc1. The predicted octanol–water partition coefficient (Wildman–Crippen LogP) is 0.842. The van der Waals surface area contributed by atoms with Gasteiger partial charge >= 0.3 is 6.09 Å². The van der Waals surface area contributed by atoms with Crippen LogP contribution in [0.1, 0.15) is 6.42 Å². The summed E-state index contributed by atoms with van der Waals surface area (Å²) in [5.74, 6) is 0.505. The molecule has 0 saturated carbocycles. The number of hydrogen-bond acceptors (Lipinski definition) is 4. The minimum Gasteiger partial charge on any atom is -0.410 e. The van der Waals surface area contributed by atoms with Crippen LogP contribution in [0, 0.1) is 0 Å². The normalized spacial score (nSPS) is 22.8. The molecule has 5 nitrogen and oxygen atoms in total. The van der Waals surface area contributed by atoms with Crippen molar-refractivity contribution in [2.45, 2.75) is 12.0 Å². The van der Waals surface area contributed by atoms with Gasteiger partial charge in [-0.25, -0.2) is 4.79 Å². The summed E-state index contributed by atoms with van der Waals surface area (Å²) in [6, 6.07) is 8.90. The molecule has 1 aromatic carbocycles. The average Bonchev–Trinajstić information content (AvgIpc) is 2.77. The number of amides is 1. The van der Waals surface area contributed by atoms with Gasteiger partial charge in [0.2, 0.25) is 0 Å². The first-order valence-corrected chi connectivity index (χ1v) is 6.00. The van der Waals surface area contributed by atoms with E-state index in [-0.39, 0.29) is 6.54 Å². The van der Waals surface area contributed by atoms with Crippen molar-refractivity contribution in [2.75, 3.05) is 26.7 Å². The van der Waals surface area contributed by atoms with Gasteiger partial charge in [0.25, 0.3) is 0 Å². The fraction of sp³-hybridized carbons (Fsp3) is 0.462. The molecular weight excluding hydrogens is 232 g/mol. The highest BCUT2D eigenvalue weighted by atomic mass is 16.6. The minimum absolute atomic E-state index is 0.270. The van der Waals surface area contributed by atoms with E-state index in [0.29, 0.717) is 18.7 Å². The molecule has 1 aliphatic heterocycles. The van der Waals surface area contributed by atoms with Crippen LogP contribution >= 0.6 is 0 Å². The van der Waals surface area contributed by atoms with E-state index < -0.39 is 11.7 Å². The van der Waals surface area contributed by atoms with Crippen molar-refractivity contribution in [3.63, 3.8) is 0 Å². The Hall–Kier alpha value is -1.59. The molecule has 1 atom stereocenters. The van der Waals surface area contributed by atoms with Gasteiger partial charge in [-0.05, 0) is 25.1 Å². The number of carbonyl (C=O) groups is 1. The lowest BCUT2D eigenvalue weighted by Gasteiger charge is -2.27. The summed E-state index contributed by atoms with van der Waals surface area (Å²) >= 11 is 0. The summed E-state index contributed by atoms with van der Waals surface area (Å²) in [6.07, 6.45) is 0.192. The van der Waals surface area contributed by atoms with Crippen molar-refractivity contribution in [3.8, 4) is 5.75 Å². The Morgan fingerprint density at radius 1 is 1.50 bits per heavy atom. The molecular formula is C13H18N2O3. The molecule has 0 aliphatic carbocycles. The maximum atomic E-state index is 11.8. The van der Waals surface area contributed by atoms with Gasteiger partial charge in [0.15, 0.2) is 0 Å². The van der Waals surface area contributed by atoms with Gasteiger partial charge in [-0.15, -0.1) is 0 Å². The molecule has 1 aromatic rings. The van der Waals surface area contributed by atoms with Crippen LogP contribution in [0.15, 0.2) is 30.3 Å². The van der Waals surface area contributed by atoms with Gasteiger partial charge in [0.1, 0.15) is 5.75 Å². The first kappa shape index (κ1) is 12.9. The van der Waals surface area contributed by atoms with Gasteiger partial charge in [-0.2, -0.15) is 0 Å². The van der Waals surface area contributed by atoms with Gasteiger partial charge in [-0.3, -0.25) is 0 Å². The molecule has 5 heteroatoms. The zero-order valence-corrected chi connectivity index (χ0v) is 10.4. The van der Waals surface area contributed by atoms with E-state index >= 15 is 0 Å². The van der Waals surface area contributed by atoms with E-state index in [2.05, 4.69) is 5.32 Å². The number of para-hydroxylation sites is 1. The number of hydrogen-bond donors (Lipinski definition) is 2. The Balaban J connectivity index is 1.89. The van der Waals surface area contributed by atoms with Crippen LogP contribution in [0.2, 0.25) is 0 Å². The van der Waals surface area contributed by atoms with Crippen LogP contribution < -0.4 is 10.1 Å². The van der Waals surface area contributed by atoms with E-state index in [4.69, 9.17) is 4.74 Å². The number of ether oxygens (including phenoxy) is 1. The van der Waals surface area contributed by atoms with Crippen molar-refractivity contribution in [1.82, 2.24) is 10.2 Å². The highest BCUT2D eigenvalue weighted by molar-refractivity contribution is 5.70. The van der Waals surface area contributed by atoms with Crippen LogP contribution in [0.25, 0.3) is 0 Å². The number of β-amino-alcohol motifs (C(OH)–C–C–N with tert-alkyl or cyclic N) is 1. The fourth-order valence-corrected chi connectivity index (χ4v) is 2.04. The molecule has 0 radical (unpaired) electrons. The first-order chi connectivity index (χ1) is 8.59. The Morgan fingerprint density at radius 2 is 2.22 bits per heavy atom. The maximum Gasteiger partial charge on any atom is 0.415 e. The second kappa shape index (κ2) is 5.37. The summed E-state index contributed by atoms with van der Waals surface area (Å²) in [4.78, 5) is 13.2. The zero-order chi connectivity index (χ0) is 13.0. The predicted molar refractivity (Wildman–Crippen MR) is 67.5 cm³/mol. The van der Waals surface area contributed by atoms with Crippen molar-refractivity contribution in [2.24, 2.45) is 0 Å². The summed E-state index contributed by atoms with van der Waals surface area (Å²) in [5, 5.41) is 13.2. The van der Waals surface area contributed by atoms with E-state index in [1.807, 2.05) is 6.07 Å². The maximum absolute atomic E-state index is 11.8. The van der Waals surface area contributed by atoms with Gasteiger partial charge in [-0.1, -0.05) is 18.2 Å². The number of nitrogens with one attached hydrogen (secondary N) is 1. The fourth-order valence-electron chi connectivity index (χ4n) is 2.04.